The molecule has 1 aliphatic rings. The van der Waals surface area contributed by atoms with Crippen LogP contribution in [0.25, 0.3) is 0 Å². The van der Waals surface area contributed by atoms with Crippen molar-refractivity contribution >= 4 is 17.8 Å². The highest BCUT2D eigenvalue weighted by Crippen LogP contribution is 2.26. The van der Waals surface area contributed by atoms with Crippen LogP contribution >= 0.6 is 0 Å². The van der Waals surface area contributed by atoms with Crippen molar-refractivity contribution in [3.63, 3.8) is 0 Å². The number of rotatable bonds is 8. The molecule has 32 heavy (non-hydrogen) atoms. The first-order valence-corrected chi connectivity index (χ1v) is 9.82. The molecule has 1 saturated heterocycles. The fourth-order valence-electron chi connectivity index (χ4n) is 3.43. The minimum Gasteiger partial charge on any atom is -0.480 e. The first kappa shape index (κ1) is 23.1. The summed E-state index contributed by atoms with van der Waals surface area (Å²) in [4.78, 5) is 37.2. The molecule has 0 bridgehead atoms. The molecule has 170 valence electrons. The van der Waals surface area contributed by atoms with Gasteiger partial charge in [0.2, 0.25) is 5.91 Å². The summed E-state index contributed by atoms with van der Waals surface area (Å²) in [6, 6.07) is 12.6. The van der Waals surface area contributed by atoms with Gasteiger partial charge in [0.05, 0.1) is 12.6 Å². The minimum atomic E-state index is -3.07. The van der Waals surface area contributed by atoms with E-state index in [4.69, 9.17) is 4.74 Å². The zero-order valence-corrected chi connectivity index (χ0v) is 17.2. The van der Waals surface area contributed by atoms with E-state index < -0.39 is 43.1 Å². The van der Waals surface area contributed by atoms with E-state index in [0.29, 0.717) is 17.1 Å². The maximum atomic E-state index is 12.4. The Morgan fingerprint density at radius 2 is 1.91 bits per heavy atom. The molecule has 8 nitrogen and oxygen atoms in total. The second kappa shape index (κ2) is 10.2. The maximum absolute atomic E-state index is 12.4. The van der Waals surface area contributed by atoms with Crippen molar-refractivity contribution in [2.24, 2.45) is 0 Å². The number of aliphatic carboxylic acids is 1. The van der Waals surface area contributed by atoms with Crippen molar-refractivity contribution in [1.82, 2.24) is 10.2 Å². The molecular formula is C22H22F2N2O6. The number of para-hydroxylation sites is 1. The van der Waals surface area contributed by atoms with Crippen molar-refractivity contribution in [2.75, 3.05) is 13.1 Å². The minimum absolute atomic E-state index is 0.249. The van der Waals surface area contributed by atoms with Gasteiger partial charge in [0.15, 0.2) is 0 Å². The van der Waals surface area contributed by atoms with Crippen LogP contribution in [0.5, 0.6) is 11.5 Å². The summed E-state index contributed by atoms with van der Waals surface area (Å²) in [5.74, 6) is -1.36. The lowest BCUT2D eigenvalue weighted by Crippen LogP contribution is -2.45. The van der Waals surface area contributed by atoms with Crippen molar-refractivity contribution in [1.29, 1.82) is 0 Å². The molecule has 0 aromatic heterocycles. The van der Waals surface area contributed by atoms with Gasteiger partial charge in [-0.15, -0.1) is 0 Å². The van der Waals surface area contributed by atoms with Gasteiger partial charge in [-0.05, 0) is 42.8 Å². The topological polar surface area (TPSA) is 105 Å². The van der Waals surface area contributed by atoms with Crippen molar-refractivity contribution in [3.8, 4) is 11.5 Å². The Bertz CT molecular complexity index is 986. The van der Waals surface area contributed by atoms with Gasteiger partial charge >= 0.3 is 12.6 Å². The van der Waals surface area contributed by atoms with Crippen LogP contribution in [-0.2, 0) is 14.3 Å². The fraction of sp³-hybridized carbons (Fsp3) is 0.318. The summed E-state index contributed by atoms with van der Waals surface area (Å²) in [5.41, 5.74) is 0.983. The molecule has 0 spiro atoms. The Balaban J connectivity index is 1.59. The van der Waals surface area contributed by atoms with Gasteiger partial charge in [0, 0.05) is 18.5 Å². The van der Waals surface area contributed by atoms with Crippen LogP contribution in [0.2, 0.25) is 0 Å². The Morgan fingerprint density at radius 1 is 1.19 bits per heavy atom. The number of nitrogens with one attached hydrogen (secondary N) is 1. The van der Waals surface area contributed by atoms with E-state index in [1.54, 1.807) is 31.2 Å². The van der Waals surface area contributed by atoms with Crippen LogP contribution in [0.15, 0.2) is 48.5 Å². The van der Waals surface area contributed by atoms with Crippen LogP contribution in [0, 0.1) is 6.92 Å². The number of carbonyl (C=O) groups excluding carboxylic acids is 2. The van der Waals surface area contributed by atoms with Crippen LogP contribution in [0.4, 0.5) is 8.78 Å². The number of ether oxygens (including phenoxy) is 2. The molecule has 0 aliphatic carbocycles. The average molecular weight is 448 g/mol. The average Bonchev–Trinajstić information content (AvgIpc) is 3.17. The molecule has 10 heteroatoms. The molecule has 2 atom stereocenters. The van der Waals surface area contributed by atoms with E-state index in [1.165, 1.54) is 6.07 Å². The molecule has 1 fully saturated rings. The van der Waals surface area contributed by atoms with Crippen molar-refractivity contribution in [2.45, 2.75) is 32.1 Å². The summed E-state index contributed by atoms with van der Waals surface area (Å²) < 4.78 is 35.0. The van der Waals surface area contributed by atoms with E-state index in [2.05, 4.69) is 10.1 Å². The predicted molar refractivity (Wildman–Crippen MR) is 109 cm³/mol. The van der Waals surface area contributed by atoms with Crippen LogP contribution in [0.1, 0.15) is 22.3 Å². The third-order valence-electron chi connectivity index (χ3n) is 4.97. The monoisotopic (exact) mass is 448 g/mol. The Labute approximate surface area is 182 Å². The lowest BCUT2D eigenvalue weighted by molar-refractivity contribution is -0.160. The Morgan fingerprint density at radius 3 is 2.53 bits per heavy atom. The summed E-state index contributed by atoms with van der Waals surface area (Å²) in [6.45, 7) is -2.07. The standard InChI is InChI=1S/C22H22F2N2O6/c1-13-9-14(7-8-18(13)31-15-5-3-2-4-6-15)20(28)25-11-19(27)26-12-16(32-22(23)24)10-17(26)21(29)30/h2-9,16-17,22H,10-12H2,1H3,(H,25,28)(H,29,30)/t16-,17+/m1/s1. The number of halogens is 2. The number of hydrogen-bond donors (Lipinski definition) is 2. The third-order valence-corrected chi connectivity index (χ3v) is 4.97. The van der Waals surface area contributed by atoms with E-state index in [-0.39, 0.29) is 18.5 Å². The number of amides is 2. The molecule has 3 rings (SSSR count). The smallest absolute Gasteiger partial charge is 0.345 e. The number of hydrogen-bond acceptors (Lipinski definition) is 5. The number of likely N-dealkylation sites (tertiary alicyclic amines) is 1. The highest BCUT2D eigenvalue weighted by atomic mass is 19.3. The quantitative estimate of drug-likeness (QED) is 0.644. The number of carboxylic acids is 1. The van der Waals surface area contributed by atoms with Crippen molar-refractivity contribution in [3.05, 3.63) is 59.7 Å². The molecule has 2 aromatic rings. The first-order valence-electron chi connectivity index (χ1n) is 9.82. The molecule has 2 amide bonds. The summed E-state index contributed by atoms with van der Waals surface area (Å²) in [6.07, 6.45) is -1.34. The van der Waals surface area contributed by atoms with Gasteiger partial charge in [0.1, 0.15) is 17.5 Å². The molecule has 0 saturated carbocycles. The van der Waals surface area contributed by atoms with Crippen LogP contribution in [0.3, 0.4) is 0 Å². The molecule has 2 N–H and O–H groups in total. The predicted octanol–water partition coefficient (Wildman–Crippen LogP) is 2.81. The zero-order chi connectivity index (χ0) is 23.3. The number of carbonyl (C=O) groups is 3. The second-order valence-corrected chi connectivity index (χ2v) is 7.23. The summed E-state index contributed by atoms with van der Waals surface area (Å²) in [7, 11) is 0. The van der Waals surface area contributed by atoms with Gasteiger partial charge in [-0.3, -0.25) is 9.59 Å². The van der Waals surface area contributed by atoms with E-state index >= 15 is 0 Å². The SMILES string of the molecule is Cc1cc(C(=O)NCC(=O)N2C[C@H](OC(F)F)C[C@H]2C(=O)O)ccc1Oc1ccccc1. The molecular weight excluding hydrogens is 426 g/mol. The maximum Gasteiger partial charge on any atom is 0.345 e. The largest absolute Gasteiger partial charge is 0.480 e. The van der Waals surface area contributed by atoms with Gasteiger partial charge in [-0.2, -0.15) is 8.78 Å². The molecule has 0 radical (unpaired) electrons. The Hall–Kier alpha value is -3.53. The van der Waals surface area contributed by atoms with Gasteiger partial charge in [-0.25, -0.2) is 4.79 Å². The van der Waals surface area contributed by atoms with E-state index in [1.807, 2.05) is 18.2 Å². The van der Waals surface area contributed by atoms with E-state index in [9.17, 15) is 28.3 Å². The molecule has 0 unspecified atom stereocenters. The number of carboxylic acid groups (broad SMARTS) is 1. The van der Waals surface area contributed by atoms with Gasteiger partial charge in [-0.1, -0.05) is 18.2 Å². The van der Waals surface area contributed by atoms with Gasteiger partial charge in [0.25, 0.3) is 5.91 Å². The van der Waals surface area contributed by atoms with Gasteiger partial charge < -0.3 is 24.8 Å². The third kappa shape index (κ3) is 5.79. The number of alkyl halides is 2. The lowest BCUT2D eigenvalue weighted by atomic mass is 10.1. The number of nitrogens with zero attached hydrogens (tertiary/aromatic N) is 1. The number of aryl methyl sites for hydroxylation is 1. The first-order chi connectivity index (χ1) is 15.2. The highest BCUT2D eigenvalue weighted by Gasteiger charge is 2.41. The number of benzene rings is 2. The molecule has 1 aliphatic heterocycles. The Kier molecular flexibility index (Phi) is 7.37. The second-order valence-electron chi connectivity index (χ2n) is 7.23. The normalized spacial score (nSPS) is 17.9. The van der Waals surface area contributed by atoms with E-state index in [0.717, 1.165) is 4.90 Å². The molecule has 2 aromatic carbocycles. The van der Waals surface area contributed by atoms with Crippen LogP contribution in [-0.4, -0.2) is 59.6 Å². The van der Waals surface area contributed by atoms with Crippen molar-refractivity contribution < 1.29 is 37.7 Å². The van der Waals surface area contributed by atoms with Crippen LogP contribution < -0.4 is 10.1 Å². The summed E-state index contributed by atoms with van der Waals surface area (Å²) >= 11 is 0. The molecule has 1 heterocycles. The lowest BCUT2D eigenvalue weighted by Gasteiger charge is -2.21. The zero-order valence-electron chi connectivity index (χ0n) is 17.2. The summed E-state index contributed by atoms with van der Waals surface area (Å²) in [5, 5.41) is 11.7. The fourth-order valence-corrected chi connectivity index (χ4v) is 3.43. The highest BCUT2D eigenvalue weighted by molar-refractivity contribution is 5.97.